The second-order valence-electron chi connectivity index (χ2n) is 1.99. The Kier molecular flexibility index (Phi) is 2.61. The summed E-state index contributed by atoms with van der Waals surface area (Å²) in [4.78, 5) is 5.74. The van der Waals surface area contributed by atoms with Crippen molar-refractivity contribution in [2.45, 2.75) is 6.54 Å². The van der Waals surface area contributed by atoms with Crippen molar-refractivity contribution in [3.05, 3.63) is 16.7 Å². The number of nitrogens with two attached hydrogens (primary N) is 1. The summed E-state index contributed by atoms with van der Waals surface area (Å²) in [5.74, 6) is 0. The Morgan fingerprint density at radius 2 is 2.45 bits per heavy atom. The van der Waals surface area contributed by atoms with Crippen molar-refractivity contribution >= 4 is 29.5 Å². The smallest absolute Gasteiger partial charge is 0.174 e. The molecule has 1 aromatic rings. The van der Waals surface area contributed by atoms with E-state index in [0.717, 1.165) is 5.69 Å². The lowest BCUT2D eigenvalue weighted by atomic mass is 10.5. The lowest BCUT2D eigenvalue weighted by Gasteiger charge is -1.98. The van der Waals surface area contributed by atoms with E-state index in [4.69, 9.17) is 18.0 Å². The van der Waals surface area contributed by atoms with Gasteiger partial charge < -0.3 is 21.0 Å². The highest BCUT2D eigenvalue weighted by Gasteiger charge is 1.92. The van der Waals surface area contributed by atoms with Gasteiger partial charge in [-0.3, -0.25) is 0 Å². The third kappa shape index (κ3) is 2.69. The average molecular weight is 188 g/mol. The molecule has 1 heterocycles. The van der Waals surface area contributed by atoms with E-state index < -0.39 is 0 Å². The van der Waals surface area contributed by atoms with Crippen molar-refractivity contribution in [2.75, 3.05) is 0 Å². The van der Waals surface area contributed by atoms with Crippen LogP contribution in [0.15, 0.2) is 6.20 Å². The van der Waals surface area contributed by atoms with Crippen LogP contribution in [0.5, 0.6) is 0 Å². The van der Waals surface area contributed by atoms with Gasteiger partial charge in [0.15, 0.2) is 9.88 Å². The monoisotopic (exact) mass is 188 g/mol. The molecule has 0 saturated heterocycles. The van der Waals surface area contributed by atoms with Gasteiger partial charge in [0.05, 0.1) is 12.2 Å². The third-order valence-corrected chi connectivity index (χ3v) is 1.47. The van der Waals surface area contributed by atoms with Crippen molar-refractivity contribution in [2.24, 2.45) is 5.73 Å². The molecule has 0 bridgehead atoms. The Hall–Kier alpha value is -0.880. The zero-order chi connectivity index (χ0) is 8.27. The van der Waals surface area contributed by atoms with Crippen LogP contribution in [0, 0.1) is 4.77 Å². The van der Waals surface area contributed by atoms with Gasteiger partial charge in [0.1, 0.15) is 0 Å². The highest BCUT2D eigenvalue weighted by Crippen LogP contribution is 1.90. The Morgan fingerprint density at radius 1 is 1.73 bits per heavy atom. The van der Waals surface area contributed by atoms with Crippen LogP contribution >= 0.6 is 24.4 Å². The molecule has 0 unspecified atom stereocenters. The van der Waals surface area contributed by atoms with Gasteiger partial charge in [-0.2, -0.15) is 0 Å². The first-order valence-corrected chi connectivity index (χ1v) is 3.80. The molecule has 60 valence electrons. The molecule has 0 aliphatic heterocycles. The summed E-state index contributed by atoms with van der Waals surface area (Å²) in [6, 6.07) is 0. The van der Waals surface area contributed by atoms with Crippen molar-refractivity contribution in [1.29, 1.82) is 0 Å². The first-order chi connectivity index (χ1) is 5.18. The van der Waals surface area contributed by atoms with E-state index >= 15 is 0 Å². The third-order valence-electron chi connectivity index (χ3n) is 1.10. The van der Waals surface area contributed by atoms with Gasteiger partial charge in [-0.15, -0.1) is 0 Å². The Morgan fingerprint density at radius 3 is 2.91 bits per heavy atom. The summed E-state index contributed by atoms with van der Waals surface area (Å²) in [7, 11) is 0. The zero-order valence-electron chi connectivity index (χ0n) is 5.68. The molecule has 0 atom stereocenters. The van der Waals surface area contributed by atoms with Gasteiger partial charge in [-0.1, -0.05) is 0 Å². The second-order valence-corrected chi connectivity index (χ2v) is 2.83. The number of H-pyrrole nitrogens is 2. The van der Waals surface area contributed by atoms with E-state index in [1.165, 1.54) is 0 Å². The Labute approximate surface area is 74.2 Å². The number of imidazole rings is 1. The molecule has 0 fully saturated rings. The molecular weight excluding hydrogens is 180 g/mol. The molecule has 4 nitrogen and oxygen atoms in total. The van der Waals surface area contributed by atoms with Crippen LogP contribution in [0.3, 0.4) is 0 Å². The molecule has 0 amide bonds. The van der Waals surface area contributed by atoms with Crippen molar-refractivity contribution in [3.63, 3.8) is 0 Å². The normalized spacial score (nSPS) is 9.45. The molecule has 0 aromatic carbocycles. The number of nitrogens with one attached hydrogen (secondary N) is 3. The highest BCUT2D eigenvalue weighted by molar-refractivity contribution is 7.80. The summed E-state index contributed by atoms with van der Waals surface area (Å²) in [5.41, 5.74) is 6.15. The largest absolute Gasteiger partial charge is 0.376 e. The standard InChI is InChI=1S/C5H8N4S2/c6-4(10)7-1-3-2-8-5(11)9-3/h2H,1H2,(H3,6,7,10)(H2,8,9,11). The highest BCUT2D eigenvalue weighted by atomic mass is 32.1. The molecule has 0 aliphatic carbocycles. The average Bonchev–Trinajstić information content (AvgIpc) is 2.31. The van der Waals surface area contributed by atoms with Crippen LogP contribution < -0.4 is 11.1 Å². The van der Waals surface area contributed by atoms with Gasteiger partial charge in [0.25, 0.3) is 0 Å². The number of hydrogen-bond acceptors (Lipinski definition) is 2. The van der Waals surface area contributed by atoms with Crippen molar-refractivity contribution in [1.82, 2.24) is 15.3 Å². The van der Waals surface area contributed by atoms with Crippen LogP contribution in [-0.4, -0.2) is 15.1 Å². The fourth-order valence-corrected chi connectivity index (χ4v) is 0.910. The topological polar surface area (TPSA) is 69.6 Å². The van der Waals surface area contributed by atoms with Crippen LogP contribution in [0.2, 0.25) is 0 Å². The minimum Gasteiger partial charge on any atom is -0.376 e. The maximum atomic E-state index is 5.22. The fourth-order valence-electron chi connectivity index (χ4n) is 0.648. The van der Waals surface area contributed by atoms with Crippen LogP contribution in [-0.2, 0) is 6.54 Å². The number of aromatic amines is 2. The lowest BCUT2D eigenvalue weighted by Crippen LogP contribution is -2.28. The summed E-state index contributed by atoms with van der Waals surface area (Å²) >= 11 is 9.43. The minimum atomic E-state index is 0.283. The van der Waals surface area contributed by atoms with E-state index in [0.29, 0.717) is 11.3 Å². The quantitative estimate of drug-likeness (QED) is 0.507. The lowest BCUT2D eigenvalue weighted by molar-refractivity contribution is 0.886. The van der Waals surface area contributed by atoms with E-state index in [2.05, 4.69) is 27.5 Å². The van der Waals surface area contributed by atoms with Crippen LogP contribution in [0.25, 0.3) is 0 Å². The predicted octanol–water partition coefficient (Wildman–Crippen LogP) is 0.405. The zero-order valence-corrected chi connectivity index (χ0v) is 7.31. The number of hydrogen-bond donors (Lipinski definition) is 4. The molecule has 5 N–H and O–H groups in total. The predicted molar refractivity (Wildman–Crippen MR) is 49.6 cm³/mol. The summed E-state index contributed by atoms with van der Waals surface area (Å²) < 4.78 is 0.602. The summed E-state index contributed by atoms with van der Waals surface area (Å²) in [6.07, 6.45) is 1.77. The number of rotatable bonds is 2. The van der Waals surface area contributed by atoms with Crippen molar-refractivity contribution < 1.29 is 0 Å². The van der Waals surface area contributed by atoms with Gasteiger partial charge in [0, 0.05) is 6.20 Å². The van der Waals surface area contributed by atoms with Crippen LogP contribution in [0.1, 0.15) is 5.69 Å². The van der Waals surface area contributed by atoms with E-state index in [-0.39, 0.29) is 5.11 Å². The Balaban J connectivity index is 2.51. The minimum absolute atomic E-state index is 0.283. The number of thiocarbonyl (C=S) groups is 1. The molecule has 1 aromatic heterocycles. The molecule has 0 saturated carbocycles. The van der Waals surface area contributed by atoms with Crippen molar-refractivity contribution in [3.8, 4) is 0 Å². The van der Waals surface area contributed by atoms with E-state index in [1.807, 2.05) is 0 Å². The van der Waals surface area contributed by atoms with Crippen LogP contribution in [0.4, 0.5) is 0 Å². The number of aromatic nitrogens is 2. The molecule has 0 spiro atoms. The molecule has 0 radical (unpaired) electrons. The first kappa shape index (κ1) is 8.22. The molecule has 11 heavy (non-hydrogen) atoms. The first-order valence-electron chi connectivity index (χ1n) is 2.98. The second kappa shape index (κ2) is 3.49. The fraction of sp³-hybridized carbons (Fsp3) is 0.200. The maximum absolute atomic E-state index is 5.22. The molecule has 0 aliphatic rings. The molecule has 1 rings (SSSR count). The van der Waals surface area contributed by atoms with E-state index in [9.17, 15) is 0 Å². The van der Waals surface area contributed by atoms with Gasteiger partial charge in [-0.05, 0) is 24.4 Å². The van der Waals surface area contributed by atoms with Gasteiger partial charge in [-0.25, -0.2) is 0 Å². The SMILES string of the molecule is NC(=S)NCc1c[nH]c(=S)[nH]1. The van der Waals surface area contributed by atoms with Gasteiger partial charge in [0.2, 0.25) is 0 Å². The van der Waals surface area contributed by atoms with Gasteiger partial charge >= 0.3 is 0 Å². The van der Waals surface area contributed by atoms with E-state index in [1.54, 1.807) is 6.20 Å². The summed E-state index contributed by atoms with van der Waals surface area (Å²) in [5, 5.41) is 3.07. The maximum Gasteiger partial charge on any atom is 0.174 e. The summed E-state index contributed by atoms with van der Waals surface area (Å²) in [6.45, 7) is 0.572. The Bertz CT molecular complexity index is 299. The molecule has 6 heteroatoms. The molecular formula is C5H8N4S2.